The zero-order valence-corrected chi connectivity index (χ0v) is 37.7. The lowest BCUT2D eigenvalue weighted by molar-refractivity contribution is -0.114. The van der Waals surface area contributed by atoms with Crippen LogP contribution in [0.2, 0.25) is 0 Å². The molecular weight excluding hydrogens is 927 g/mol. The van der Waals surface area contributed by atoms with E-state index in [1.165, 1.54) is 35.6 Å². The molecule has 0 saturated heterocycles. The molecule has 0 aliphatic carbocycles. The number of aryl methyl sites for hydroxylation is 1. The van der Waals surface area contributed by atoms with E-state index in [0.29, 0.717) is 27.7 Å². The van der Waals surface area contributed by atoms with Crippen molar-refractivity contribution in [2.75, 3.05) is 17.7 Å². The summed E-state index contributed by atoms with van der Waals surface area (Å²) in [4.78, 5) is 15.5. The van der Waals surface area contributed by atoms with Crippen LogP contribution in [0.15, 0.2) is 114 Å². The first kappa shape index (κ1) is 47.1. The third-order valence-corrected chi connectivity index (χ3v) is 12.5. The molecule has 5 N–H and O–H groups in total. The first-order valence-electron chi connectivity index (χ1n) is 19.6. The fraction of sp³-hybridized carbons (Fsp3) is 0.163. The van der Waals surface area contributed by atoms with Gasteiger partial charge < -0.3 is 20.3 Å². The van der Waals surface area contributed by atoms with Crippen molar-refractivity contribution in [2.45, 2.75) is 38.7 Å². The molecule has 4 aromatic carbocycles. The van der Waals surface area contributed by atoms with E-state index in [9.17, 15) is 51.5 Å². The number of aromatic nitrogens is 2. The largest absolute Gasteiger partial charge is 0.493 e. The third kappa shape index (κ3) is 10.3. The lowest BCUT2D eigenvalue weighted by Crippen LogP contribution is -2.08. The molecule has 340 valence electrons. The van der Waals surface area contributed by atoms with Crippen molar-refractivity contribution in [1.29, 1.82) is 10.5 Å². The van der Waals surface area contributed by atoms with Crippen LogP contribution in [0, 0.1) is 36.5 Å². The lowest BCUT2D eigenvalue weighted by Gasteiger charge is -2.12. The minimum absolute atomic E-state index is 0.0203. The maximum atomic E-state index is 12.4. The summed E-state index contributed by atoms with van der Waals surface area (Å²) in [5.41, 5.74) is 3.24. The number of azo groups is 3. The third-order valence-electron chi connectivity index (χ3n) is 9.83. The van der Waals surface area contributed by atoms with Crippen LogP contribution in [0.5, 0.6) is 11.6 Å². The van der Waals surface area contributed by atoms with E-state index < -0.39 is 36.8 Å². The summed E-state index contributed by atoms with van der Waals surface area (Å²) in [6.07, 6.45) is -0.126. The van der Waals surface area contributed by atoms with Crippen molar-refractivity contribution >= 4 is 92.6 Å². The standard InChI is InChI=1S/C43H35N11O10S3/c1-23-16-34(50-51-39-24(2)29(20-44)40-47-31-10-4-5-11-35(31)54(40)43(39)57)36(64-14-7-15-66(58,59)60)19-33(23)49-52-41-30(21-45)38(27-9-6-8-26(17-27)22-55)42(65-41)53-48-32-13-12-28(46-25(3)56)18-37(32)67(61,62)63/h4-6,8-13,16-19,55,57H,7,14-15,22H2,1-3H3,(H,46,56)(H,58,59,60)(H,61,62,63). The fourth-order valence-electron chi connectivity index (χ4n) is 6.74. The Hall–Kier alpha value is -7.84. The van der Waals surface area contributed by atoms with Crippen molar-refractivity contribution in [3.05, 3.63) is 107 Å². The summed E-state index contributed by atoms with van der Waals surface area (Å²) >= 11 is 0.855. The summed E-state index contributed by atoms with van der Waals surface area (Å²) in [5, 5.41) is 70.4. The molecule has 3 aromatic heterocycles. The highest BCUT2D eigenvalue weighted by Gasteiger charge is 2.24. The average Bonchev–Trinajstić information content (AvgIpc) is 3.85. The van der Waals surface area contributed by atoms with E-state index in [-0.39, 0.29) is 97.6 Å². The molecule has 67 heavy (non-hydrogen) atoms. The number of nitriles is 2. The van der Waals surface area contributed by atoms with Gasteiger partial charge in [-0.25, -0.2) is 4.98 Å². The Bertz CT molecular complexity index is 3550. The number of fused-ring (bicyclic) bond motifs is 3. The highest BCUT2D eigenvalue weighted by molar-refractivity contribution is 7.86. The molecule has 0 spiro atoms. The highest BCUT2D eigenvalue weighted by Crippen LogP contribution is 2.49. The Morgan fingerprint density at radius 1 is 0.851 bits per heavy atom. The second-order valence-corrected chi connectivity index (χ2v) is 18.4. The predicted octanol–water partition coefficient (Wildman–Crippen LogP) is 9.88. The van der Waals surface area contributed by atoms with Crippen molar-refractivity contribution in [3.8, 4) is 34.9 Å². The summed E-state index contributed by atoms with van der Waals surface area (Å²) in [6.45, 7) is 3.90. The van der Waals surface area contributed by atoms with Crippen molar-refractivity contribution in [3.63, 3.8) is 0 Å². The van der Waals surface area contributed by atoms with E-state index in [0.717, 1.165) is 17.4 Å². The molecule has 0 radical (unpaired) electrons. The number of aromatic hydroxyl groups is 1. The topological polar surface area (TPSA) is 327 Å². The summed E-state index contributed by atoms with van der Waals surface area (Å²) in [7, 11) is -9.20. The number of benzene rings is 4. The number of amides is 1. The Balaban J connectivity index is 1.32. The number of anilines is 1. The maximum absolute atomic E-state index is 12.4. The van der Waals surface area contributed by atoms with Crippen LogP contribution in [0.3, 0.4) is 0 Å². The van der Waals surface area contributed by atoms with Gasteiger partial charge in [0.05, 0.1) is 35.7 Å². The van der Waals surface area contributed by atoms with E-state index in [2.05, 4.69) is 53.1 Å². The van der Waals surface area contributed by atoms with Crippen LogP contribution < -0.4 is 10.1 Å². The number of aliphatic hydroxyl groups is 1. The number of rotatable bonds is 15. The summed E-state index contributed by atoms with van der Waals surface area (Å²) < 4.78 is 74.3. The minimum atomic E-state index is -4.88. The number of para-hydroxylation sites is 2. The Labute approximate surface area is 385 Å². The number of nitrogens with zero attached hydrogens (tertiary/aromatic N) is 10. The SMILES string of the molecule is CC(=O)Nc1ccc(N=Nc2sc(N=Nc3cc(OCCCS(=O)(=O)O)c(N=Nc4c(C)c(C#N)c5nc6ccccc6n5c4O)cc3C)c(C#N)c2-c2cccc(CO)c2)c(S(=O)(=O)O)c1. The molecular formula is C43H35N11O10S3. The lowest BCUT2D eigenvalue weighted by atomic mass is 10.0. The van der Waals surface area contributed by atoms with E-state index in [1.54, 1.807) is 62.4 Å². The zero-order valence-electron chi connectivity index (χ0n) is 35.3. The molecule has 1 amide bonds. The summed E-state index contributed by atoms with van der Waals surface area (Å²) in [5.74, 6) is -1.42. The number of hydrogen-bond donors (Lipinski definition) is 5. The summed E-state index contributed by atoms with van der Waals surface area (Å²) in [6, 6.07) is 24.3. The smallest absolute Gasteiger partial charge is 0.296 e. The molecule has 7 aromatic rings. The van der Waals surface area contributed by atoms with Crippen LogP contribution in [0.1, 0.15) is 41.2 Å². The maximum Gasteiger partial charge on any atom is 0.296 e. The quantitative estimate of drug-likeness (QED) is 0.0363. The van der Waals surface area contributed by atoms with Gasteiger partial charge in [-0.15, -0.1) is 30.7 Å². The van der Waals surface area contributed by atoms with Gasteiger partial charge in [0.1, 0.15) is 50.3 Å². The van der Waals surface area contributed by atoms with Gasteiger partial charge in [-0.1, -0.05) is 41.7 Å². The number of aliphatic hydroxyl groups excluding tert-OH is 1. The van der Waals surface area contributed by atoms with E-state index >= 15 is 0 Å². The van der Waals surface area contributed by atoms with Gasteiger partial charge in [-0.05, 0) is 79.4 Å². The van der Waals surface area contributed by atoms with Gasteiger partial charge in [0, 0.05) is 29.8 Å². The van der Waals surface area contributed by atoms with Gasteiger partial charge in [-0.2, -0.15) is 27.4 Å². The normalized spacial score (nSPS) is 12.1. The van der Waals surface area contributed by atoms with Crippen LogP contribution in [-0.4, -0.2) is 63.8 Å². The van der Waals surface area contributed by atoms with E-state index in [1.807, 2.05) is 0 Å². The second-order valence-electron chi connectivity index (χ2n) is 14.5. The fourth-order valence-corrected chi connectivity index (χ4v) is 8.79. The molecule has 24 heteroatoms. The molecule has 0 aliphatic rings. The molecule has 7 rings (SSSR count). The first-order valence-corrected chi connectivity index (χ1v) is 23.4. The number of pyridine rings is 1. The average molecular weight is 962 g/mol. The minimum Gasteiger partial charge on any atom is -0.493 e. The molecule has 0 aliphatic heterocycles. The van der Waals surface area contributed by atoms with Gasteiger partial charge >= 0.3 is 0 Å². The number of imidazole rings is 1. The van der Waals surface area contributed by atoms with Crippen molar-refractivity contribution in [2.24, 2.45) is 30.7 Å². The number of thiophene rings is 1. The van der Waals surface area contributed by atoms with Crippen LogP contribution in [0.4, 0.5) is 38.4 Å². The second kappa shape index (κ2) is 19.3. The molecule has 0 fully saturated rings. The first-order chi connectivity index (χ1) is 31.9. The van der Waals surface area contributed by atoms with Gasteiger partial charge in [0.25, 0.3) is 20.2 Å². The Morgan fingerprint density at radius 3 is 2.27 bits per heavy atom. The van der Waals surface area contributed by atoms with Gasteiger partial charge in [0.15, 0.2) is 16.3 Å². The molecule has 0 atom stereocenters. The monoisotopic (exact) mass is 961 g/mol. The molecule has 21 nitrogen and oxygen atoms in total. The predicted molar refractivity (Wildman–Crippen MR) is 245 cm³/mol. The van der Waals surface area contributed by atoms with Crippen molar-refractivity contribution in [1.82, 2.24) is 9.38 Å². The number of nitrogens with one attached hydrogen (secondary N) is 1. The number of carbonyl (C=O) groups is 1. The molecule has 3 heterocycles. The number of ether oxygens (including phenoxy) is 1. The van der Waals surface area contributed by atoms with Crippen molar-refractivity contribution < 1.29 is 45.7 Å². The Kier molecular flexibility index (Phi) is 13.6. The number of carbonyl (C=O) groups excluding carboxylic acids is 1. The zero-order chi connectivity index (χ0) is 48.2. The van der Waals surface area contributed by atoms with E-state index in [4.69, 9.17) is 4.74 Å². The van der Waals surface area contributed by atoms with Gasteiger partial charge in [-0.3, -0.25) is 18.3 Å². The van der Waals surface area contributed by atoms with Gasteiger partial charge in [0.2, 0.25) is 11.8 Å². The molecule has 0 saturated carbocycles. The molecule has 0 bridgehead atoms. The van der Waals surface area contributed by atoms with Crippen LogP contribution >= 0.6 is 11.3 Å². The highest BCUT2D eigenvalue weighted by atomic mass is 32.2. The molecule has 0 unspecified atom stereocenters. The number of hydrogen-bond acceptors (Lipinski definition) is 18. The van der Waals surface area contributed by atoms with Crippen LogP contribution in [-0.2, 0) is 31.6 Å². The Morgan fingerprint density at radius 2 is 1.57 bits per heavy atom. The van der Waals surface area contributed by atoms with Crippen LogP contribution in [0.25, 0.3) is 27.8 Å².